The van der Waals surface area contributed by atoms with Crippen LogP contribution in [0.5, 0.6) is 0 Å². The lowest BCUT2D eigenvalue weighted by Gasteiger charge is -2.25. The van der Waals surface area contributed by atoms with Crippen LogP contribution in [0, 0.1) is 6.92 Å². The Bertz CT molecular complexity index is 392. The van der Waals surface area contributed by atoms with Crippen LogP contribution >= 0.6 is 0 Å². The molecule has 0 heterocycles. The number of benzene rings is 1. The standard InChI is InChI=1S/C16H24O2/c1-12-6-4-7-13(10-12)14-8-5-9-15(14)18-11-16(2,3)17/h4,6-7,10,14-15,17H,5,8-9,11H2,1-3H3/t14-,15-/m1/s1. The molecule has 1 fully saturated rings. The van der Waals surface area contributed by atoms with Crippen LogP contribution in [0.15, 0.2) is 24.3 Å². The Kier molecular flexibility index (Phi) is 4.08. The number of hydrogen-bond donors (Lipinski definition) is 1. The van der Waals surface area contributed by atoms with Gasteiger partial charge in [-0.1, -0.05) is 36.2 Å². The fourth-order valence-corrected chi connectivity index (χ4v) is 2.72. The normalized spacial score (nSPS) is 24.4. The molecule has 0 bridgehead atoms. The molecule has 1 aliphatic carbocycles. The van der Waals surface area contributed by atoms with Gasteiger partial charge >= 0.3 is 0 Å². The van der Waals surface area contributed by atoms with Crippen molar-refractivity contribution in [1.82, 2.24) is 0 Å². The molecular formula is C16H24O2. The van der Waals surface area contributed by atoms with E-state index in [2.05, 4.69) is 31.2 Å². The summed E-state index contributed by atoms with van der Waals surface area (Å²) in [5.74, 6) is 0.493. The molecule has 0 amide bonds. The lowest BCUT2D eigenvalue weighted by atomic mass is 9.94. The topological polar surface area (TPSA) is 29.5 Å². The van der Waals surface area contributed by atoms with E-state index in [1.54, 1.807) is 13.8 Å². The molecule has 0 unspecified atom stereocenters. The van der Waals surface area contributed by atoms with Gasteiger partial charge in [-0.3, -0.25) is 0 Å². The number of aliphatic hydroxyl groups is 1. The summed E-state index contributed by atoms with van der Waals surface area (Å²) in [5.41, 5.74) is 1.95. The molecule has 1 aromatic rings. The first-order chi connectivity index (χ1) is 8.46. The molecule has 18 heavy (non-hydrogen) atoms. The molecule has 0 aliphatic heterocycles. The molecule has 0 saturated heterocycles. The SMILES string of the molecule is Cc1cccc([C@H]2CCC[C@H]2OCC(C)(C)O)c1. The van der Waals surface area contributed by atoms with Gasteiger partial charge in [-0.05, 0) is 39.2 Å². The molecule has 1 saturated carbocycles. The molecule has 0 spiro atoms. The fourth-order valence-electron chi connectivity index (χ4n) is 2.72. The van der Waals surface area contributed by atoms with Gasteiger partial charge in [-0.25, -0.2) is 0 Å². The molecule has 2 nitrogen and oxygen atoms in total. The Morgan fingerprint density at radius 2 is 2.11 bits per heavy atom. The van der Waals surface area contributed by atoms with Crippen molar-refractivity contribution in [2.75, 3.05) is 6.61 Å². The van der Waals surface area contributed by atoms with Crippen molar-refractivity contribution >= 4 is 0 Å². The van der Waals surface area contributed by atoms with Crippen LogP contribution in [-0.2, 0) is 4.74 Å². The van der Waals surface area contributed by atoms with Crippen LogP contribution in [0.4, 0.5) is 0 Å². The first-order valence-corrected chi connectivity index (χ1v) is 6.86. The highest BCUT2D eigenvalue weighted by molar-refractivity contribution is 5.27. The second-order valence-corrected chi connectivity index (χ2v) is 6.11. The minimum absolute atomic E-state index is 0.262. The monoisotopic (exact) mass is 248 g/mol. The number of aryl methyl sites for hydroxylation is 1. The second kappa shape index (κ2) is 5.41. The zero-order valence-corrected chi connectivity index (χ0v) is 11.6. The van der Waals surface area contributed by atoms with Gasteiger partial charge in [0, 0.05) is 5.92 Å². The molecular weight excluding hydrogens is 224 g/mol. The van der Waals surface area contributed by atoms with E-state index < -0.39 is 5.60 Å². The Labute approximate surface area is 110 Å². The van der Waals surface area contributed by atoms with Gasteiger partial charge in [0.1, 0.15) is 0 Å². The highest BCUT2D eigenvalue weighted by atomic mass is 16.5. The average Bonchev–Trinajstić information content (AvgIpc) is 2.73. The van der Waals surface area contributed by atoms with Crippen molar-refractivity contribution in [3.8, 4) is 0 Å². The van der Waals surface area contributed by atoms with E-state index in [0.29, 0.717) is 12.5 Å². The van der Waals surface area contributed by atoms with E-state index >= 15 is 0 Å². The first kappa shape index (κ1) is 13.6. The number of ether oxygens (including phenoxy) is 1. The predicted molar refractivity (Wildman–Crippen MR) is 73.8 cm³/mol. The summed E-state index contributed by atoms with van der Waals surface area (Å²) >= 11 is 0. The highest BCUT2D eigenvalue weighted by Gasteiger charge is 2.30. The predicted octanol–water partition coefficient (Wildman–Crippen LogP) is 3.42. The van der Waals surface area contributed by atoms with Crippen LogP contribution in [0.2, 0.25) is 0 Å². The van der Waals surface area contributed by atoms with Crippen LogP contribution in [0.3, 0.4) is 0 Å². The third-order valence-electron chi connectivity index (χ3n) is 3.57. The Morgan fingerprint density at radius 1 is 1.33 bits per heavy atom. The minimum Gasteiger partial charge on any atom is -0.388 e. The summed E-state index contributed by atoms with van der Waals surface area (Å²) in [6.07, 6.45) is 3.78. The van der Waals surface area contributed by atoms with Gasteiger partial charge in [-0.15, -0.1) is 0 Å². The van der Waals surface area contributed by atoms with Crippen molar-refractivity contribution < 1.29 is 9.84 Å². The van der Waals surface area contributed by atoms with Crippen molar-refractivity contribution in [3.05, 3.63) is 35.4 Å². The van der Waals surface area contributed by atoms with Crippen LogP contribution in [0.1, 0.15) is 50.2 Å². The van der Waals surface area contributed by atoms with E-state index in [1.165, 1.54) is 24.0 Å². The largest absolute Gasteiger partial charge is 0.388 e. The second-order valence-electron chi connectivity index (χ2n) is 6.11. The fraction of sp³-hybridized carbons (Fsp3) is 0.625. The lowest BCUT2D eigenvalue weighted by Crippen LogP contribution is -2.30. The van der Waals surface area contributed by atoms with E-state index in [9.17, 15) is 5.11 Å². The quantitative estimate of drug-likeness (QED) is 0.884. The molecule has 1 aromatic carbocycles. The average molecular weight is 248 g/mol. The van der Waals surface area contributed by atoms with Gasteiger partial charge in [-0.2, -0.15) is 0 Å². The molecule has 0 radical (unpaired) electrons. The third-order valence-corrected chi connectivity index (χ3v) is 3.57. The van der Waals surface area contributed by atoms with Gasteiger partial charge in [0.15, 0.2) is 0 Å². The zero-order chi connectivity index (χ0) is 13.2. The lowest BCUT2D eigenvalue weighted by molar-refractivity contribution is -0.0553. The van der Waals surface area contributed by atoms with Gasteiger partial charge in [0.25, 0.3) is 0 Å². The van der Waals surface area contributed by atoms with Gasteiger partial charge < -0.3 is 9.84 Å². The van der Waals surface area contributed by atoms with E-state index in [1.807, 2.05) is 0 Å². The molecule has 100 valence electrons. The molecule has 2 atom stereocenters. The summed E-state index contributed by atoms with van der Waals surface area (Å²) < 4.78 is 5.92. The van der Waals surface area contributed by atoms with Crippen LogP contribution < -0.4 is 0 Å². The van der Waals surface area contributed by atoms with E-state index in [0.717, 1.165) is 6.42 Å². The molecule has 2 rings (SSSR count). The Hall–Kier alpha value is -0.860. The number of hydrogen-bond acceptors (Lipinski definition) is 2. The maximum atomic E-state index is 9.75. The Balaban J connectivity index is 2.03. The van der Waals surface area contributed by atoms with E-state index in [-0.39, 0.29) is 6.10 Å². The van der Waals surface area contributed by atoms with Crippen molar-refractivity contribution in [1.29, 1.82) is 0 Å². The molecule has 1 aliphatic rings. The first-order valence-electron chi connectivity index (χ1n) is 6.86. The maximum Gasteiger partial charge on any atom is 0.0824 e. The Morgan fingerprint density at radius 3 is 2.78 bits per heavy atom. The molecule has 0 aromatic heterocycles. The summed E-state index contributed by atoms with van der Waals surface area (Å²) in [6.45, 7) is 6.14. The zero-order valence-electron chi connectivity index (χ0n) is 11.6. The van der Waals surface area contributed by atoms with Gasteiger partial charge in [0.05, 0.1) is 18.3 Å². The summed E-state index contributed by atoms with van der Waals surface area (Å²) in [4.78, 5) is 0. The summed E-state index contributed by atoms with van der Waals surface area (Å²) in [5, 5.41) is 9.75. The smallest absolute Gasteiger partial charge is 0.0824 e. The van der Waals surface area contributed by atoms with E-state index in [4.69, 9.17) is 4.74 Å². The minimum atomic E-state index is -0.736. The molecule has 1 N–H and O–H groups in total. The summed E-state index contributed by atoms with van der Waals surface area (Å²) in [6, 6.07) is 8.71. The van der Waals surface area contributed by atoms with Crippen molar-refractivity contribution in [2.24, 2.45) is 0 Å². The maximum absolute atomic E-state index is 9.75. The third kappa shape index (κ3) is 3.56. The van der Waals surface area contributed by atoms with Crippen LogP contribution in [-0.4, -0.2) is 23.4 Å². The summed E-state index contributed by atoms with van der Waals surface area (Å²) in [7, 11) is 0. The van der Waals surface area contributed by atoms with Gasteiger partial charge in [0.2, 0.25) is 0 Å². The van der Waals surface area contributed by atoms with Crippen molar-refractivity contribution in [3.63, 3.8) is 0 Å². The molecule has 2 heteroatoms. The van der Waals surface area contributed by atoms with Crippen molar-refractivity contribution in [2.45, 2.75) is 57.7 Å². The van der Waals surface area contributed by atoms with Crippen LogP contribution in [0.25, 0.3) is 0 Å². The highest BCUT2D eigenvalue weighted by Crippen LogP contribution is 2.37. The number of rotatable bonds is 4.